The van der Waals surface area contributed by atoms with Crippen molar-refractivity contribution in [3.8, 4) is 0 Å². The number of sulfonamides is 1. The van der Waals surface area contributed by atoms with Gasteiger partial charge in [-0.2, -0.15) is 0 Å². The minimum Gasteiger partial charge on any atom is -0.454 e. The van der Waals surface area contributed by atoms with Gasteiger partial charge in [-0.25, -0.2) is 17.5 Å². The molecule has 0 N–H and O–H groups in total. The average Bonchev–Trinajstić information content (AvgIpc) is 2.59. The number of benzene rings is 2. The van der Waals surface area contributed by atoms with Gasteiger partial charge in [-0.15, -0.1) is 0 Å². The van der Waals surface area contributed by atoms with Crippen LogP contribution in [0.25, 0.3) is 0 Å². The molecule has 0 radical (unpaired) electrons. The van der Waals surface area contributed by atoms with Crippen molar-refractivity contribution in [2.45, 2.75) is 4.90 Å². The second kappa shape index (κ2) is 7.77. The van der Waals surface area contributed by atoms with E-state index in [9.17, 15) is 18.0 Å². The Morgan fingerprint density at radius 2 is 1.68 bits per heavy atom. The lowest BCUT2D eigenvalue weighted by molar-refractivity contribution is 0.0474. The van der Waals surface area contributed by atoms with E-state index >= 15 is 0 Å². The van der Waals surface area contributed by atoms with Crippen LogP contribution < -0.4 is 0 Å². The first-order valence-corrected chi connectivity index (χ1v) is 9.02. The smallest absolute Gasteiger partial charge is 0.338 e. The third-order valence-electron chi connectivity index (χ3n) is 3.35. The number of halogens is 1. The van der Waals surface area contributed by atoms with E-state index in [-0.39, 0.29) is 16.2 Å². The maximum atomic E-state index is 12.0. The minimum atomic E-state index is -3.57. The van der Waals surface area contributed by atoms with Crippen LogP contribution in [0.4, 0.5) is 0 Å². The molecule has 0 atom stereocenters. The summed E-state index contributed by atoms with van der Waals surface area (Å²) in [5, 5.41) is 0.412. The summed E-state index contributed by atoms with van der Waals surface area (Å²) >= 11 is 5.81. The number of esters is 1. The molecule has 2 aromatic carbocycles. The monoisotopic (exact) mass is 381 g/mol. The van der Waals surface area contributed by atoms with Crippen LogP contribution >= 0.6 is 11.6 Å². The summed E-state index contributed by atoms with van der Waals surface area (Å²) in [5.74, 6) is -1.10. The quantitative estimate of drug-likeness (QED) is 0.567. The van der Waals surface area contributed by atoms with E-state index in [1.54, 1.807) is 18.2 Å². The van der Waals surface area contributed by atoms with Gasteiger partial charge in [-0.1, -0.05) is 23.7 Å². The highest BCUT2D eigenvalue weighted by molar-refractivity contribution is 7.89. The number of ketones is 1. The van der Waals surface area contributed by atoms with Crippen LogP contribution in [0, 0.1) is 0 Å². The fourth-order valence-electron chi connectivity index (χ4n) is 1.93. The molecule has 0 heterocycles. The van der Waals surface area contributed by atoms with Crippen molar-refractivity contribution in [3.05, 3.63) is 64.7 Å². The Bertz CT molecular complexity index is 892. The lowest BCUT2D eigenvalue weighted by Gasteiger charge is -2.11. The van der Waals surface area contributed by atoms with Crippen molar-refractivity contribution >= 4 is 33.4 Å². The molecule has 2 rings (SSSR count). The highest BCUT2D eigenvalue weighted by Gasteiger charge is 2.18. The number of hydrogen-bond acceptors (Lipinski definition) is 5. The Kier molecular flexibility index (Phi) is 5.94. The summed E-state index contributed by atoms with van der Waals surface area (Å²) < 4.78 is 30.0. The number of hydrogen-bond donors (Lipinski definition) is 0. The van der Waals surface area contributed by atoms with Gasteiger partial charge >= 0.3 is 5.97 Å². The zero-order valence-corrected chi connectivity index (χ0v) is 15.2. The highest BCUT2D eigenvalue weighted by Crippen LogP contribution is 2.15. The van der Waals surface area contributed by atoms with E-state index in [0.717, 1.165) is 4.31 Å². The summed E-state index contributed by atoms with van der Waals surface area (Å²) in [6, 6.07) is 11.6. The summed E-state index contributed by atoms with van der Waals surface area (Å²) in [6.07, 6.45) is 0. The van der Waals surface area contributed by atoms with Crippen molar-refractivity contribution in [2.75, 3.05) is 20.7 Å². The van der Waals surface area contributed by atoms with Crippen molar-refractivity contribution in [2.24, 2.45) is 0 Å². The topological polar surface area (TPSA) is 80.8 Å². The molecule has 0 aliphatic carbocycles. The summed E-state index contributed by atoms with van der Waals surface area (Å²) in [4.78, 5) is 24.0. The van der Waals surface area contributed by atoms with Crippen LogP contribution in [0.5, 0.6) is 0 Å². The second-order valence-electron chi connectivity index (χ2n) is 5.32. The average molecular weight is 382 g/mol. The molecule has 0 aromatic heterocycles. The summed E-state index contributed by atoms with van der Waals surface area (Å²) in [5.41, 5.74) is 0.490. The Morgan fingerprint density at radius 1 is 1.04 bits per heavy atom. The minimum absolute atomic E-state index is 0.0593. The summed E-state index contributed by atoms with van der Waals surface area (Å²) in [6.45, 7) is -0.434. The molecule has 0 amide bonds. The number of ether oxygens (including phenoxy) is 1. The summed E-state index contributed by atoms with van der Waals surface area (Å²) in [7, 11) is -0.739. The van der Waals surface area contributed by atoms with Gasteiger partial charge in [0, 0.05) is 24.7 Å². The van der Waals surface area contributed by atoms with Crippen LogP contribution in [-0.4, -0.2) is 45.2 Å². The van der Waals surface area contributed by atoms with Crippen molar-refractivity contribution in [1.29, 1.82) is 0 Å². The molecule has 0 bridgehead atoms. The molecule has 0 saturated heterocycles. The molecule has 25 heavy (non-hydrogen) atoms. The number of carbonyl (C=O) groups is 2. The van der Waals surface area contributed by atoms with E-state index in [0.29, 0.717) is 10.6 Å². The van der Waals surface area contributed by atoms with Crippen LogP contribution in [-0.2, 0) is 14.8 Å². The van der Waals surface area contributed by atoms with Gasteiger partial charge in [0.25, 0.3) is 0 Å². The fraction of sp³-hybridized carbons (Fsp3) is 0.176. The van der Waals surface area contributed by atoms with Gasteiger partial charge < -0.3 is 4.74 Å². The van der Waals surface area contributed by atoms with Crippen molar-refractivity contribution in [3.63, 3.8) is 0 Å². The maximum Gasteiger partial charge on any atom is 0.338 e. The first-order chi connectivity index (χ1) is 11.7. The van der Waals surface area contributed by atoms with Crippen LogP contribution in [0.2, 0.25) is 5.02 Å². The Balaban J connectivity index is 2.03. The first kappa shape index (κ1) is 19.1. The number of rotatable bonds is 6. The molecule has 2 aromatic rings. The number of nitrogens with zero attached hydrogens (tertiary/aromatic N) is 1. The van der Waals surface area contributed by atoms with Gasteiger partial charge in [0.05, 0.1) is 10.5 Å². The zero-order chi connectivity index (χ0) is 18.6. The van der Waals surface area contributed by atoms with Gasteiger partial charge in [0.15, 0.2) is 12.4 Å². The fourth-order valence-corrected chi connectivity index (χ4v) is 3.03. The molecular weight excluding hydrogens is 366 g/mol. The predicted molar refractivity (Wildman–Crippen MR) is 93.4 cm³/mol. The normalized spacial score (nSPS) is 11.4. The van der Waals surface area contributed by atoms with Gasteiger partial charge in [0.1, 0.15) is 0 Å². The van der Waals surface area contributed by atoms with Crippen molar-refractivity contribution in [1.82, 2.24) is 4.31 Å². The molecule has 8 heteroatoms. The van der Waals surface area contributed by atoms with Crippen LogP contribution in [0.15, 0.2) is 53.4 Å². The third kappa shape index (κ3) is 4.66. The number of carbonyl (C=O) groups excluding carboxylic acids is 2. The van der Waals surface area contributed by atoms with Crippen LogP contribution in [0.1, 0.15) is 20.7 Å². The lowest BCUT2D eigenvalue weighted by atomic mass is 10.1. The third-order valence-corrected chi connectivity index (χ3v) is 5.41. The number of Topliss-reactive ketones (excluding diaryl/α,β-unsaturated/α-hetero) is 1. The molecule has 0 aliphatic rings. The Morgan fingerprint density at radius 3 is 2.24 bits per heavy atom. The molecule has 0 fully saturated rings. The first-order valence-electron chi connectivity index (χ1n) is 7.20. The molecular formula is C17H16ClNO5S. The van der Waals surface area contributed by atoms with Gasteiger partial charge in [-0.3, -0.25) is 4.79 Å². The molecule has 0 unspecified atom stereocenters. The Hall–Kier alpha value is -2.22. The van der Waals surface area contributed by atoms with E-state index in [1.807, 2.05) is 0 Å². The molecule has 0 saturated carbocycles. The van der Waals surface area contributed by atoms with Crippen molar-refractivity contribution < 1.29 is 22.7 Å². The van der Waals surface area contributed by atoms with E-state index in [2.05, 4.69) is 0 Å². The lowest BCUT2D eigenvalue weighted by Crippen LogP contribution is -2.22. The molecule has 6 nitrogen and oxygen atoms in total. The largest absolute Gasteiger partial charge is 0.454 e. The standard InChI is InChI=1S/C17H16ClNO5S/c1-19(2)25(22,23)15-8-6-12(7-9-15)17(21)24-11-16(20)13-4-3-5-14(18)10-13/h3-10H,11H2,1-2H3. The zero-order valence-electron chi connectivity index (χ0n) is 13.6. The Labute approximate surface area is 151 Å². The predicted octanol–water partition coefficient (Wildman–Crippen LogP) is 2.63. The SMILES string of the molecule is CN(C)S(=O)(=O)c1ccc(C(=O)OCC(=O)c2cccc(Cl)c2)cc1. The van der Waals surface area contributed by atoms with E-state index in [4.69, 9.17) is 16.3 Å². The maximum absolute atomic E-state index is 12.0. The van der Waals surface area contributed by atoms with Gasteiger partial charge in [0.2, 0.25) is 10.0 Å². The molecule has 0 spiro atoms. The highest BCUT2D eigenvalue weighted by atomic mass is 35.5. The van der Waals surface area contributed by atoms with E-state index in [1.165, 1.54) is 44.4 Å². The molecule has 0 aliphatic heterocycles. The van der Waals surface area contributed by atoms with Crippen LogP contribution in [0.3, 0.4) is 0 Å². The van der Waals surface area contributed by atoms with Gasteiger partial charge in [-0.05, 0) is 36.4 Å². The molecule has 132 valence electrons. The van der Waals surface area contributed by atoms with E-state index < -0.39 is 22.6 Å². The second-order valence-corrected chi connectivity index (χ2v) is 7.91.